The first-order valence-electron chi connectivity index (χ1n) is 8.26. The van der Waals surface area contributed by atoms with Gasteiger partial charge in [0.25, 0.3) is 5.69 Å². The number of aryl methyl sites for hydroxylation is 1. The highest BCUT2D eigenvalue weighted by Crippen LogP contribution is 2.39. The molecule has 1 aromatic rings. The number of nitro benzene ring substituents is 1. The predicted octanol–water partition coefficient (Wildman–Crippen LogP) is 1.39. The summed E-state index contributed by atoms with van der Waals surface area (Å²) in [5.41, 5.74) is 0.219. The van der Waals surface area contributed by atoms with Crippen molar-refractivity contribution in [3.05, 3.63) is 33.9 Å². The van der Waals surface area contributed by atoms with Crippen molar-refractivity contribution in [1.82, 2.24) is 9.21 Å². The maximum atomic E-state index is 12.9. The van der Waals surface area contributed by atoms with Gasteiger partial charge in [0.15, 0.2) is 0 Å². The molecule has 0 aromatic heterocycles. The summed E-state index contributed by atoms with van der Waals surface area (Å²) in [6.07, 6.45) is 0.907. The number of hydrogen-bond donors (Lipinski definition) is 0. The number of rotatable bonds is 4. The minimum absolute atomic E-state index is 0.0442. The third kappa shape index (κ3) is 3.38. The Balaban J connectivity index is 1.75. The third-order valence-corrected chi connectivity index (χ3v) is 7.02. The second kappa shape index (κ2) is 6.38. The van der Waals surface area contributed by atoms with Crippen LogP contribution in [0, 0.1) is 28.9 Å². The lowest BCUT2D eigenvalue weighted by molar-refractivity contribution is -0.385. The average Bonchev–Trinajstić information content (AvgIpc) is 3.31. The molecular weight excluding hydrogens is 346 g/mol. The molecule has 136 valence electrons. The van der Waals surface area contributed by atoms with Gasteiger partial charge in [-0.25, -0.2) is 8.42 Å². The highest BCUT2D eigenvalue weighted by molar-refractivity contribution is 7.89. The predicted molar refractivity (Wildman–Crippen MR) is 90.4 cm³/mol. The maximum Gasteiger partial charge on any atom is 0.270 e. The van der Waals surface area contributed by atoms with E-state index in [2.05, 4.69) is 0 Å². The summed E-state index contributed by atoms with van der Waals surface area (Å²) in [4.78, 5) is 24.3. The fraction of sp³-hybridized carbons (Fsp3) is 0.562. The van der Waals surface area contributed by atoms with Gasteiger partial charge in [0.2, 0.25) is 15.9 Å². The highest BCUT2D eigenvalue weighted by atomic mass is 32.2. The van der Waals surface area contributed by atoms with Crippen LogP contribution in [-0.4, -0.2) is 54.6 Å². The average molecular weight is 367 g/mol. The van der Waals surface area contributed by atoms with Crippen molar-refractivity contribution < 1.29 is 18.1 Å². The third-order valence-electron chi connectivity index (χ3n) is 4.98. The minimum Gasteiger partial charge on any atom is -0.340 e. The van der Waals surface area contributed by atoms with E-state index in [0.29, 0.717) is 24.6 Å². The number of nitro groups is 1. The molecule has 1 aliphatic heterocycles. The molecule has 0 spiro atoms. The summed E-state index contributed by atoms with van der Waals surface area (Å²) in [6, 6.07) is 3.84. The zero-order chi connectivity index (χ0) is 18.4. The van der Waals surface area contributed by atoms with E-state index in [1.165, 1.54) is 16.4 Å². The number of benzene rings is 1. The molecule has 0 radical (unpaired) electrons. The van der Waals surface area contributed by atoms with E-state index in [9.17, 15) is 23.3 Å². The summed E-state index contributed by atoms with van der Waals surface area (Å²) < 4.78 is 27.0. The number of non-ortho nitro benzene ring substituents is 1. The quantitative estimate of drug-likeness (QED) is 0.591. The molecule has 1 saturated heterocycles. The first-order chi connectivity index (χ1) is 11.7. The molecule has 2 aliphatic rings. The second-order valence-electron chi connectivity index (χ2n) is 6.76. The fourth-order valence-corrected chi connectivity index (χ4v) is 4.84. The number of amides is 1. The Kier molecular flexibility index (Phi) is 4.54. The van der Waals surface area contributed by atoms with Crippen molar-refractivity contribution in [2.45, 2.75) is 25.2 Å². The van der Waals surface area contributed by atoms with Crippen LogP contribution in [0.1, 0.15) is 18.9 Å². The van der Waals surface area contributed by atoms with E-state index in [-0.39, 0.29) is 35.5 Å². The number of sulfonamides is 1. The van der Waals surface area contributed by atoms with Crippen molar-refractivity contribution >= 4 is 21.6 Å². The highest BCUT2D eigenvalue weighted by Gasteiger charge is 2.42. The van der Waals surface area contributed by atoms with Gasteiger partial charge in [-0.3, -0.25) is 14.9 Å². The van der Waals surface area contributed by atoms with Crippen LogP contribution < -0.4 is 0 Å². The van der Waals surface area contributed by atoms with Crippen molar-refractivity contribution in [2.75, 3.05) is 26.2 Å². The van der Waals surface area contributed by atoms with Gasteiger partial charge >= 0.3 is 0 Å². The number of hydrogen-bond acceptors (Lipinski definition) is 5. The monoisotopic (exact) mass is 367 g/mol. The number of carbonyl (C=O) groups excluding carboxylic acids is 1. The normalized spacial score (nSPS) is 24.2. The van der Waals surface area contributed by atoms with E-state index < -0.39 is 14.9 Å². The molecule has 1 amide bonds. The largest absolute Gasteiger partial charge is 0.340 e. The summed E-state index contributed by atoms with van der Waals surface area (Å²) in [6.45, 7) is 4.78. The molecule has 9 heteroatoms. The Labute approximate surface area is 146 Å². The van der Waals surface area contributed by atoms with E-state index in [0.717, 1.165) is 12.5 Å². The van der Waals surface area contributed by atoms with Crippen LogP contribution in [0.3, 0.4) is 0 Å². The molecule has 3 rings (SSSR count). The van der Waals surface area contributed by atoms with Crippen molar-refractivity contribution in [2.24, 2.45) is 11.8 Å². The topological polar surface area (TPSA) is 101 Å². The molecule has 1 heterocycles. The van der Waals surface area contributed by atoms with E-state index in [1.807, 2.05) is 6.92 Å². The van der Waals surface area contributed by atoms with Crippen molar-refractivity contribution in [3.8, 4) is 0 Å². The summed E-state index contributed by atoms with van der Waals surface area (Å²) >= 11 is 0. The SMILES string of the molecule is Cc1ccc([N+](=O)[O-])cc1S(=O)(=O)N1CCN(C(=O)[C@@H]2C[C@@H]2C)CC1. The van der Waals surface area contributed by atoms with Gasteiger partial charge in [0.05, 0.1) is 9.82 Å². The molecule has 25 heavy (non-hydrogen) atoms. The minimum atomic E-state index is -3.82. The molecule has 1 saturated carbocycles. The molecule has 2 fully saturated rings. The number of nitrogens with zero attached hydrogens (tertiary/aromatic N) is 3. The molecule has 0 N–H and O–H groups in total. The van der Waals surface area contributed by atoms with E-state index >= 15 is 0 Å². The summed E-state index contributed by atoms with van der Waals surface area (Å²) in [5, 5.41) is 10.9. The molecular formula is C16H21N3O5S. The first kappa shape index (κ1) is 17.8. The fourth-order valence-electron chi connectivity index (χ4n) is 3.17. The number of carbonyl (C=O) groups is 1. The molecule has 1 aromatic carbocycles. The maximum absolute atomic E-state index is 12.9. The first-order valence-corrected chi connectivity index (χ1v) is 9.70. The smallest absolute Gasteiger partial charge is 0.270 e. The Morgan fingerprint density at radius 1 is 1.24 bits per heavy atom. The van der Waals surface area contributed by atoms with Crippen molar-refractivity contribution in [1.29, 1.82) is 0 Å². The van der Waals surface area contributed by atoms with Gasteiger partial charge in [-0.1, -0.05) is 13.0 Å². The van der Waals surface area contributed by atoms with Gasteiger partial charge in [-0.2, -0.15) is 4.31 Å². The molecule has 0 bridgehead atoms. The van der Waals surface area contributed by atoms with Gasteiger partial charge in [0, 0.05) is 44.2 Å². The van der Waals surface area contributed by atoms with Gasteiger partial charge in [-0.05, 0) is 24.8 Å². The van der Waals surface area contributed by atoms with Crippen LogP contribution in [0.5, 0.6) is 0 Å². The standard InChI is InChI=1S/C16H21N3O5S/c1-11-3-4-13(19(21)22)10-15(11)25(23,24)18-7-5-17(6-8-18)16(20)14-9-12(14)2/h3-4,10,12,14H,5-9H2,1-2H3/t12-,14+/m0/s1. The van der Waals surface area contributed by atoms with Crippen LogP contribution in [0.15, 0.2) is 23.1 Å². The lowest BCUT2D eigenvalue weighted by Crippen LogP contribution is -2.51. The van der Waals surface area contributed by atoms with E-state index in [1.54, 1.807) is 11.8 Å². The molecule has 1 aliphatic carbocycles. The lowest BCUT2D eigenvalue weighted by atomic mass is 10.2. The van der Waals surface area contributed by atoms with Gasteiger partial charge < -0.3 is 4.90 Å². The summed E-state index contributed by atoms with van der Waals surface area (Å²) in [5.74, 6) is 0.611. The Hall–Kier alpha value is -2.00. The molecule has 8 nitrogen and oxygen atoms in total. The second-order valence-corrected chi connectivity index (χ2v) is 8.66. The Morgan fingerprint density at radius 2 is 1.84 bits per heavy atom. The van der Waals surface area contributed by atoms with Crippen LogP contribution in [0.4, 0.5) is 5.69 Å². The summed E-state index contributed by atoms with van der Waals surface area (Å²) in [7, 11) is -3.82. The van der Waals surface area contributed by atoms with Crippen LogP contribution in [0.25, 0.3) is 0 Å². The van der Waals surface area contributed by atoms with Gasteiger partial charge in [0.1, 0.15) is 0 Å². The Bertz CT molecular complexity index is 815. The Morgan fingerprint density at radius 3 is 2.36 bits per heavy atom. The zero-order valence-corrected chi connectivity index (χ0v) is 15.0. The number of piperazine rings is 1. The zero-order valence-electron chi connectivity index (χ0n) is 14.2. The van der Waals surface area contributed by atoms with Crippen LogP contribution in [0.2, 0.25) is 0 Å². The lowest BCUT2D eigenvalue weighted by Gasteiger charge is -2.34. The molecule has 0 unspecified atom stereocenters. The van der Waals surface area contributed by atoms with Crippen molar-refractivity contribution in [3.63, 3.8) is 0 Å². The van der Waals surface area contributed by atoms with Crippen LogP contribution in [-0.2, 0) is 14.8 Å². The van der Waals surface area contributed by atoms with Gasteiger partial charge in [-0.15, -0.1) is 0 Å². The van der Waals surface area contributed by atoms with Crippen LogP contribution >= 0.6 is 0 Å². The molecule has 2 atom stereocenters. The van der Waals surface area contributed by atoms with E-state index in [4.69, 9.17) is 0 Å².